The quantitative estimate of drug-likeness (QED) is 0.368. The summed E-state index contributed by atoms with van der Waals surface area (Å²) < 4.78 is 0. The second-order valence-corrected chi connectivity index (χ2v) is 4.51. The first-order valence-electron chi connectivity index (χ1n) is 4.79. The zero-order chi connectivity index (χ0) is 11.1. The van der Waals surface area contributed by atoms with Gasteiger partial charge in [0.15, 0.2) is 0 Å². The summed E-state index contributed by atoms with van der Waals surface area (Å²) >= 11 is 1.56. The van der Waals surface area contributed by atoms with E-state index in [1.54, 1.807) is 11.8 Å². The highest BCUT2D eigenvalue weighted by Gasteiger charge is 2.04. The Morgan fingerprint density at radius 1 is 1.33 bits per heavy atom. The van der Waals surface area contributed by atoms with Crippen molar-refractivity contribution in [3.05, 3.63) is 35.9 Å². The maximum Gasteiger partial charge on any atom is 0.143 e. The fourth-order valence-corrected chi connectivity index (χ4v) is 2.09. The van der Waals surface area contributed by atoms with Gasteiger partial charge in [-0.1, -0.05) is 35.5 Å². The van der Waals surface area contributed by atoms with Gasteiger partial charge in [-0.3, -0.25) is 0 Å². The molecule has 0 aliphatic rings. The molecule has 0 amide bonds. The van der Waals surface area contributed by atoms with Crippen molar-refractivity contribution in [2.45, 2.75) is 0 Å². The summed E-state index contributed by atoms with van der Waals surface area (Å²) in [5.41, 5.74) is 0.962. The molecule has 0 saturated carbocycles. The van der Waals surface area contributed by atoms with Crippen LogP contribution in [-0.2, 0) is 0 Å². The summed E-state index contributed by atoms with van der Waals surface area (Å²) in [7, 11) is 4.05. The Balaban J connectivity index is 2.51. The summed E-state index contributed by atoms with van der Waals surface area (Å²) in [5.74, 6) is 0.918. The summed E-state index contributed by atoms with van der Waals surface area (Å²) in [6.07, 6.45) is 0. The van der Waals surface area contributed by atoms with Crippen molar-refractivity contribution in [1.29, 1.82) is 0 Å². The van der Waals surface area contributed by atoms with E-state index in [0.29, 0.717) is 5.04 Å². The average molecular weight is 224 g/mol. The van der Waals surface area contributed by atoms with Crippen molar-refractivity contribution < 1.29 is 5.21 Å². The van der Waals surface area contributed by atoms with Gasteiger partial charge in [0, 0.05) is 17.9 Å². The number of hydrogen-bond donors (Lipinski definition) is 1. The lowest BCUT2D eigenvalue weighted by Gasteiger charge is -2.09. The Labute approximate surface area is 94.8 Å². The Bertz CT molecular complexity index is 312. The van der Waals surface area contributed by atoms with Crippen molar-refractivity contribution in [2.24, 2.45) is 5.16 Å². The van der Waals surface area contributed by atoms with Crippen LogP contribution in [0.15, 0.2) is 35.5 Å². The molecule has 1 rings (SSSR count). The third kappa shape index (κ3) is 4.36. The zero-order valence-electron chi connectivity index (χ0n) is 9.05. The zero-order valence-corrected chi connectivity index (χ0v) is 9.87. The normalized spacial score (nSPS) is 12.1. The Hall–Kier alpha value is -1.00. The summed E-state index contributed by atoms with van der Waals surface area (Å²) in [6.45, 7) is 0.969. The fraction of sp³-hybridized carbons (Fsp3) is 0.364. The third-order valence-corrected chi connectivity index (χ3v) is 2.87. The smallest absolute Gasteiger partial charge is 0.143 e. The van der Waals surface area contributed by atoms with Gasteiger partial charge in [0.1, 0.15) is 5.04 Å². The van der Waals surface area contributed by atoms with Crippen LogP contribution >= 0.6 is 11.8 Å². The van der Waals surface area contributed by atoms with E-state index in [4.69, 9.17) is 5.21 Å². The van der Waals surface area contributed by atoms with Crippen LogP contribution in [0.25, 0.3) is 0 Å². The van der Waals surface area contributed by atoms with Crippen LogP contribution in [0.1, 0.15) is 5.56 Å². The van der Waals surface area contributed by atoms with Crippen LogP contribution in [0.5, 0.6) is 0 Å². The molecule has 1 aromatic carbocycles. The molecule has 1 aromatic rings. The molecule has 0 heterocycles. The third-order valence-electron chi connectivity index (χ3n) is 1.89. The maximum absolute atomic E-state index is 8.90. The van der Waals surface area contributed by atoms with E-state index in [9.17, 15) is 0 Å². The largest absolute Gasteiger partial charge is 0.410 e. The molecule has 0 aliphatic heterocycles. The number of rotatable bonds is 4. The maximum atomic E-state index is 8.90. The molecule has 0 bridgehead atoms. The number of thioether (sulfide) groups is 1. The molecular weight excluding hydrogens is 208 g/mol. The highest BCUT2D eigenvalue weighted by Crippen LogP contribution is 2.13. The van der Waals surface area contributed by atoms with E-state index in [2.05, 4.69) is 10.1 Å². The number of nitrogens with zero attached hydrogens (tertiary/aromatic N) is 2. The van der Waals surface area contributed by atoms with Crippen LogP contribution in [-0.4, -0.2) is 41.5 Å². The monoisotopic (exact) mass is 224 g/mol. The van der Waals surface area contributed by atoms with E-state index in [-0.39, 0.29) is 0 Å². The van der Waals surface area contributed by atoms with E-state index in [1.165, 1.54) is 0 Å². The lowest BCUT2D eigenvalue weighted by Crippen LogP contribution is -2.15. The van der Waals surface area contributed by atoms with Crippen LogP contribution in [0.2, 0.25) is 0 Å². The molecule has 0 saturated heterocycles. The van der Waals surface area contributed by atoms with Crippen molar-refractivity contribution in [3.63, 3.8) is 0 Å². The molecule has 3 nitrogen and oxygen atoms in total. The number of benzene rings is 1. The lowest BCUT2D eigenvalue weighted by atomic mass is 10.2. The molecule has 0 radical (unpaired) electrons. The molecule has 4 heteroatoms. The van der Waals surface area contributed by atoms with Gasteiger partial charge in [0.2, 0.25) is 0 Å². The van der Waals surface area contributed by atoms with Gasteiger partial charge in [-0.05, 0) is 14.1 Å². The molecule has 0 fully saturated rings. The van der Waals surface area contributed by atoms with Crippen molar-refractivity contribution in [2.75, 3.05) is 26.4 Å². The van der Waals surface area contributed by atoms with Gasteiger partial charge in [-0.15, -0.1) is 11.8 Å². The molecule has 15 heavy (non-hydrogen) atoms. The standard InChI is InChI=1S/C11H16N2OS/c1-13(2)8-9-15-11(12-14)10-6-4-3-5-7-10/h3-7,14H,8-9H2,1-2H3. The van der Waals surface area contributed by atoms with Gasteiger partial charge in [0.05, 0.1) is 0 Å². The second-order valence-electron chi connectivity index (χ2n) is 3.42. The predicted octanol–water partition coefficient (Wildman–Crippen LogP) is 2.12. The molecule has 1 N–H and O–H groups in total. The number of oxime groups is 1. The van der Waals surface area contributed by atoms with Crippen molar-refractivity contribution in [3.8, 4) is 0 Å². The molecular formula is C11H16N2OS. The summed E-state index contributed by atoms with van der Waals surface area (Å²) in [4.78, 5) is 2.10. The van der Waals surface area contributed by atoms with Crippen LogP contribution in [0, 0.1) is 0 Å². The minimum atomic E-state index is 0.678. The highest BCUT2D eigenvalue weighted by molar-refractivity contribution is 8.14. The molecule has 82 valence electrons. The van der Waals surface area contributed by atoms with E-state index >= 15 is 0 Å². The van der Waals surface area contributed by atoms with Gasteiger partial charge < -0.3 is 10.1 Å². The average Bonchev–Trinajstić information content (AvgIpc) is 2.25. The van der Waals surface area contributed by atoms with E-state index < -0.39 is 0 Å². The van der Waals surface area contributed by atoms with E-state index in [0.717, 1.165) is 17.9 Å². The Morgan fingerprint density at radius 3 is 2.53 bits per heavy atom. The van der Waals surface area contributed by atoms with Crippen molar-refractivity contribution >= 4 is 16.8 Å². The summed E-state index contributed by atoms with van der Waals surface area (Å²) in [5, 5.41) is 12.9. The molecule has 0 spiro atoms. The van der Waals surface area contributed by atoms with Gasteiger partial charge >= 0.3 is 0 Å². The topological polar surface area (TPSA) is 35.8 Å². The fourth-order valence-electron chi connectivity index (χ4n) is 1.08. The van der Waals surface area contributed by atoms with Crippen LogP contribution < -0.4 is 0 Å². The van der Waals surface area contributed by atoms with Gasteiger partial charge in [-0.25, -0.2) is 0 Å². The SMILES string of the molecule is CN(C)CCSC(=NO)c1ccccc1. The second kappa shape index (κ2) is 6.48. The molecule has 0 atom stereocenters. The first-order valence-corrected chi connectivity index (χ1v) is 5.77. The molecule has 0 aromatic heterocycles. The van der Waals surface area contributed by atoms with Crippen LogP contribution in [0.3, 0.4) is 0 Å². The first kappa shape index (κ1) is 12.1. The molecule has 0 unspecified atom stereocenters. The molecule has 0 aliphatic carbocycles. The van der Waals surface area contributed by atoms with Gasteiger partial charge in [-0.2, -0.15) is 0 Å². The predicted molar refractivity (Wildman–Crippen MR) is 65.8 cm³/mol. The van der Waals surface area contributed by atoms with Crippen molar-refractivity contribution in [1.82, 2.24) is 4.90 Å². The Morgan fingerprint density at radius 2 is 2.00 bits per heavy atom. The van der Waals surface area contributed by atoms with E-state index in [1.807, 2.05) is 44.4 Å². The summed E-state index contributed by atoms with van der Waals surface area (Å²) in [6, 6.07) is 9.71. The Kier molecular flexibility index (Phi) is 5.21. The number of hydrogen-bond acceptors (Lipinski definition) is 4. The lowest BCUT2D eigenvalue weighted by molar-refractivity contribution is 0.321. The minimum Gasteiger partial charge on any atom is -0.410 e. The van der Waals surface area contributed by atoms with Crippen LogP contribution in [0.4, 0.5) is 0 Å². The highest BCUT2D eigenvalue weighted by atomic mass is 32.2. The van der Waals surface area contributed by atoms with Gasteiger partial charge in [0.25, 0.3) is 0 Å². The first-order chi connectivity index (χ1) is 7.24. The minimum absolute atomic E-state index is 0.678.